The first-order valence-electron chi connectivity index (χ1n) is 6.12. The maximum atomic E-state index is 12.5. The van der Waals surface area contributed by atoms with Crippen LogP contribution >= 0.6 is 33.9 Å². The fourth-order valence-corrected chi connectivity index (χ4v) is 3.20. The molecule has 110 valence electrons. The van der Waals surface area contributed by atoms with Crippen molar-refractivity contribution in [2.24, 2.45) is 5.73 Å². The minimum Gasteiger partial charge on any atom is -0.398 e. The molecule has 0 saturated carbocycles. The van der Waals surface area contributed by atoms with Crippen LogP contribution in [0, 0.1) is 2.88 Å². The molecule has 7 heteroatoms. The van der Waals surface area contributed by atoms with Crippen molar-refractivity contribution in [3.8, 4) is 0 Å². The van der Waals surface area contributed by atoms with Gasteiger partial charge in [0.25, 0.3) is 5.91 Å². The minimum absolute atomic E-state index is 0.139. The summed E-state index contributed by atoms with van der Waals surface area (Å²) in [5.41, 5.74) is 13.1. The van der Waals surface area contributed by atoms with Crippen LogP contribution in [0.15, 0.2) is 35.7 Å². The summed E-state index contributed by atoms with van der Waals surface area (Å²) in [6.45, 7) is 0.112. The summed E-state index contributed by atoms with van der Waals surface area (Å²) in [6, 6.07) is 9.03. The molecule has 0 radical (unpaired) electrons. The first-order valence-corrected chi connectivity index (χ1v) is 8.08. The van der Waals surface area contributed by atoms with Gasteiger partial charge in [0.15, 0.2) is 0 Å². The maximum Gasteiger partial charge on any atom is 0.255 e. The highest BCUT2D eigenvalue weighted by molar-refractivity contribution is 14.1. The average Bonchev–Trinajstić information content (AvgIpc) is 2.86. The molecule has 2 rings (SSSR count). The first-order chi connectivity index (χ1) is 9.97. The van der Waals surface area contributed by atoms with E-state index >= 15 is 0 Å². The van der Waals surface area contributed by atoms with Gasteiger partial charge in [0.1, 0.15) is 0 Å². The van der Waals surface area contributed by atoms with Gasteiger partial charge in [0, 0.05) is 17.6 Å². The molecule has 0 bridgehead atoms. The van der Waals surface area contributed by atoms with Crippen molar-refractivity contribution in [3.05, 3.63) is 49.7 Å². The van der Waals surface area contributed by atoms with Gasteiger partial charge in [0.05, 0.1) is 15.0 Å². The highest BCUT2D eigenvalue weighted by atomic mass is 127. The van der Waals surface area contributed by atoms with E-state index in [-0.39, 0.29) is 19.0 Å². The first kappa shape index (κ1) is 15.8. The smallest absolute Gasteiger partial charge is 0.255 e. The fraction of sp³-hybridized carbons (Fsp3) is 0.143. The van der Waals surface area contributed by atoms with Crippen LogP contribution in [0.25, 0.3) is 0 Å². The number of thiophene rings is 1. The van der Waals surface area contributed by atoms with Crippen LogP contribution in [0.5, 0.6) is 0 Å². The molecule has 4 N–H and O–H groups in total. The summed E-state index contributed by atoms with van der Waals surface area (Å²) in [6.07, 6.45) is 0. The molecule has 0 unspecified atom stereocenters. The van der Waals surface area contributed by atoms with Crippen molar-refractivity contribution in [2.45, 2.75) is 6.54 Å². The number of hydrogen-bond donors (Lipinski definition) is 2. The average molecular weight is 415 g/mol. The van der Waals surface area contributed by atoms with E-state index < -0.39 is 5.91 Å². The zero-order valence-corrected chi connectivity index (χ0v) is 14.1. The summed E-state index contributed by atoms with van der Waals surface area (Å²) < 4.78 is 1.01. The van der Waals surface area contributed by atoms with Gasteiger partial charge < -0.3 is 16.4 Å². The number of nitrogen functional groups attached to an aromatic ring is 1. The number of halogens is 1. The molecule has 0 saturated heterocycles. The number of rotatable bonds is 5. The zero-order valence-electron chi connectivity index (χ0n) is 11.1. The van der Waals surface area contributed by atoms with Crippen molar-refractivity contribution >= 4 is 51.4 Å². The van der Waals surface area contributed by atoms with Crippen LogP contribution in [0.4, 0.5) is 5.69 Å². The normalized spacial score (nSPS) is 10.3. The lowest BCUT2D eigenvalue weighted by atomic mass is 10.1. The monoisotopic (exact) mass is 415 g/mol. The topological polar surface area (TPSA) is 89.4 Å². The van der Waals surface area contributed by atoms with Gasteiger partial charge in [-0.1, -0.05) is 18.2 Å². The number of nitrogens with two attached hydrogens (primary N) is 2. The van der Waals surface area contributed by atoms with E-state index in [4.69, 9.17) is 11.5 Å². The second kappa shape index (κ2) is 6.90. The van der Waals surface area contributed by atoms with Crippen molar-refractivity contribution in [1.29, 1.82) is 0 Å². The van der Waals surface area contributed by atoms with Crippen LogP contribution < -0.4 is 11.5 Å². The number of nitrogens with zero attached hydrogens (tertiary/aromatic N) is 1. The summed E-state index contributed by atoms with van der Waals surface area (Å²) in [5, 5.41) is 1.77. The van der Waals surface area contributed by atoms with Gasteiger partial charge in [-0.3, -0.25) is 9.59 Å². The van der Waals surface area contributed by atoms with E-state index in [2.05, 4.69) is 22.6 Å². The van der Waals surface area contributed by atoms with Crippen molar-refractivity contribution in [3.63, 3.8) is 0 Å². The molecular weight excluding hydrogens is 401 g/mol. The van der Waals surface area contributed by atoms with Gasteiger partial charge in [-0.05, 0) is 40.3 Å². The standard InChI is InChI=1S/C14H14IN3O2S/c15-12-5-10(8-21-12)14(20)18(7-13(17)19)6-9-3-1-2-4-11(9)16/h1-5,8H,6-7,16H2,(H2,17,19). The predicted molar refractivity (Wildman–Crippen MR) is 91.8 cm³/mol. The lowest BCUT2D eigenvalue weighted by molar-refractivity contribution is -0.118. The Morgan fingerprint density at radius 2 is 2.00 bits per heavy atom. The third-order valence-corrected chi connectivity index (χ3v) is 4.65. The molecule has 5 nitrogen and oxygen atoms in total. The molecule has 0 atom stereocenters. The molecule has 2 amide bonds. The molecule has 2 aromatic rings. The third-order valence-electron chi connectivity index (χ3n) is 2.86. The minimum atomic E-state index is -0.553. The summed E-state index contributed by atoms with van der Waals surface area (Å²) in [7, 11) is 0. The Morgan fingerprint density at radius 1 is 1.29 bits per heavy atom. The van der Waals surface area contributed by atoms with E-state index in [1.165, 1.54) is 16.2 Å². The van der Waals surface area contributed by atoms with Crippen LogP contribution in [-0.2, 0) is 11.3 Å². The van der Waals surface area contributed by atoms with E-state index in [1.807, 2.05) is 18.2 Å². The number of anilines is 1. The molecular formula is C14H14IN3O2S. The Hall–Kier alpha value is -1.61. The highest BCUT2D eigenvalue weighted by Gasteiger charge is 2.20. The predicted octanol–water partition coefficient (Wildman–Crippen LogP) is 2.06. The Balaban J connectivity index is 2.24. The number of para-hydroxylation sites is 1. The van der Waals surface area contributed by atoms with Gasteiger partial charge >= 0.3 is 0 Å². The van der Waals surface area contributed by atoms with Gasteiger partial charge in [0.2, 0.25) is 5.91 Å². The molecule has 1 aromatic carbocycles. The highest BCUT2D eigenvalue weighted by Crippen LogP contribution is 2.20. The molecule has 1 aromatic heterocycles. The van der Waals surface area contributed by atoms with E-state index in [0.717, 1.165) is 8.45 Å². The summed E-state index contributed by atoms with van der Waals surface area (Å²) in [5.74, 6) is -0.779. The van der Waals surface area contributed by atoms with Gasteiger partial charge in [-0.15, -0.1) is 11.3 Å². The van der Waals surface area contributed by atoms with Crippen LogP contribution in [0.3, 0.4) is 0 Å². The van der Waals surface area contributed by atoms with Gasteiger partial charge in [-0.2, -0.15) is 0 Å². The lowest BCUT2D eigenvalue weighted by Crippen LogP contribution is -2.38. The Labute approximate surface area is 140 Å². The molecule has 0 aliphatic rings. The number of carbonyl (C=O) groups is 2. The third kappa shape index (κ3) is 4.18. The second-order valence-electron chi connectivity index (χ2n) is 4.47. The number of hydrogen-bond acceptors (Lipinski definition) is 4. The maximum absolute atomic E-state index is 12.5. The van der Waals surface area contributed by atoms with Crippen molar-refractivity contribution < 1.29 is 9.59 Å². The number of benzene rings is 1. The number of amides is 2. The van der Waals surface area contributed by atoms with Gasteiger partial charge in [-0.25, -0.2) is 0 Å². The SMILES string of the molecule is NC(=O)CN(Cc1ccccc1N)C(=O)c1csc(I)c1. The van der Waals surface area contributed by atoms with Crippen LogP contribution in [0.1, 0.15) is 15.9 Å². The Bertz CT molecular complexity index is 672. The van der Waals surface area contributed by atoms with Crippen molar-refractivity contribution in [2.75, 3.05) is 12.3 Å². The molecule has 0 aliphatic heterocycles. The van der Waals surface area contributed by atoms with E-state index in [9.17, 15) is 9.59 Å². The molecule has 0 aliphatic carbocycles. The summed E-state index contributed by atoms with van der Waals surface area (Å²) in [4.78, 5) is 25.1. The van der Waals surface area contributed by atoms with E-state index in [0.29, 0.717) is 11.3 Å². The van der Waals surface area contributed by atoms with Crippen LogP contribution in [-0.4, -0.2) is 23.3 Å². The number of carbonyl (C=O) groups excluding carboxylic acids is 2. The quantitative estimate of drug-likeness (QED) is 0.579. The fourth-order valence-electron chi connectivity index (χ4n) is 1.88. The molecule has 0 spiro atoms. The lowest BCUT2D eigenvalue weighted by Gasteiger charge is -2.21. The van der Waals surface area contributed by atoms with E-state index in [1.54, 1.807) is 17.5 Å². The van der Waals surface area contributed by atoms with Crippen LogP contribution in [0.2, 0.25) is 0 Å². The molecule has 1 heterocycles. The van der Waals surface area contributed by atoms with Crippen molar-refractivity contribution in [1.82, 2.24) is 4.90 Å². The largest absolute Gasteiger partial charge is 0.398 e. The molecule has 0 fully saturated rings. The number of primary amides is 1. The summed E-state index contributed by atoms with van der Waals surface area (Å²) >= 11 is 3.62. The zero-order chi connectivity index (χ0) is 15.4. The second-order valence-corrected chi connectivity index (χ2v) is 7.27. The Kier molecular flexibility index (Phi) is 5.18. The molecule has 21 heavy (non-hydrogen) atoms. The Morgan fingerprint density at radius 3 is 2.57 bits per heavy atom.